The SMILES string of the molecule is C[C@H]1CCC(=O)N1C(=O)[C@@H]1C[C@H](O[Si](C)(C)C(C)(C)C)CN1C(=O)OC(C)(C)C. The number of carbonyl (C=O) groups excluding carboxylic acids is 3. The maximum atomic E-state index is 13.3. The van der Waals surface area contributed by atoms with Crippen molar-refractivity contribution in [2.75, 3.05) is 6.54 Å². The quantitative estimate of drug-likeness (QED) is 0.505. The summed E-state index contributed by atoms with van der Waals surface area (Å²) in [6, 6.07) is -0.875. The Morgan fingerprint density at radius 2 is 1.69 bits per heavy atom. The fourth-order valence-corrected chi connectivity index (χ4v) is 4.92. The Morgan fingerprint density at radius 1 is 1.10 bits per heavy atom. The maximum absolute atomic E-state index is 13.3. The second-order valence-electron chi connectivity index (χ2n) is 10.9. The lowest BCUT2D eigenvalue weighted by atomic mass is 10.1. The fourth-order valence-electron chi connectivity index (χ4n) is 3.56. The van der Waals surface area contributed by atoms with Gasteiger partial charge >= 0.3 is 6.09 Å². The van der Waals surface area contributed by atoms with Crippen molar-refractivity contribution in [3.63, 3.8) is 0 Å². The average Bonchev–Trinajstić information content (AvgIpc) is 3.07. The van der Waals surface area contributed by atoms with E-state index in [2.05, 4.69) is 33.9 Å². The summed E-state index contributed by atoms with van der Waals surface area (Å²) >= 11 is 0. The molecule has 0 aromatic carbocycles. The molecule has 2 saturated heterocycles. The third kappa shape index (κ3) is 5.39. The van der Waals surface area contributed by atoms with Gasteiger partial charge in [0.15, 0.2) is 8.32 Å². The molecule has 3 atom stereocenters. The van der Waals surface area contributed by atoms with Gasteiger partial charge in [-0.3, -0.25) is 19.4 Å². The highest BCUT2D eigenvalue weighted by Gasteiger charge is 2.49. The molecular formula is C21H38N2O5Si. The van der Waals surface area contributed by atoms with Gasteiger partial charge in [-0.05, 0) is 52.2 Å². The van der Waals surface area contributed by atoms with Crippen molar-refractivity contribution in [3.8, 4) is 0 Å². The smallest absolute Gasteiger partial charge is 0.411 e. The maximum Gasteiger partial charge on any atom is 0.411 e. The Hall–Kier alpha value is -1.41. The molecule has 0 unspecified atom stereocenters. The van der Waals surface area contributed by atoms with Crippen LogP contribution in [0.15, 0.2) is 0 Å². The number of hydrogen-bond acceptors (Lipinski definition) is 5. The standard InChI is InChI=1S/C21H38N2O5Si/c1-14-10-11-17(24)23(14)18(25)16-12-15(28-29(8,9)21(5,6)7)13-22(16)19(26)27-20(2,3)4/h14-16H,10-13H2,1-9H3/t14-,15-,16-/m0/s1. The van der Waals surface area contributed by atoms with E-state index in [4.69, 9.17) is 9.16 Å². The molecular weight excluding hydrogens is 388 g/mol. The van der Waals surface area contributed by atoms with Gasteiger partial charge in [0.2, 0.25) is 5.91 Å². The van der Waals surface area contributed by atoms with Gasteiger partial charge in [0.05, 0.1) is 6.10 Å². The fraction of sp³-hybridized carbons (Fsp3) is 0.857. The Bertz CT molecular complexity index is 665. The second kappa shape index (κ2) is 8.02. The van der Waals surface area contributed by atoms with Gasteiger partial charge in [-0.2, -0.15) is 0 Å². The first-order valence-electron chi connectivity index (χ1n) is 10.6. The van der Waals surface area contributed by atoms with E-state index in [9.17, 15) is 14.4 Å². The molecule has 3 amide bonds. The molecule has 7 nitrogen and oxygen atoms in total. The molecule has 2 aliphatic heterocycles. The highest BCUT2D eigenvalue weighted by Crippen LogP contribution is 2.39. The van der Waals surface area contributed by atoms with E-state index in [1.165, 1.54) is 9.80 Å². The van der Waals surface area contributed by atoms with Crippen molar-refractivity contribution in [3.05, 3.63) is 0 Å². The van der Waals surface area contributed by atoms with Crippen molar-refractivity contribution < 1.29 is 23.5 Å². The molecule has 0 N–H and O–H groups in total. The summed E-state index contributed by atoms with van der Waals surface area (Å²) in [5.41, 5.74) is -0.667. The van der Waals surface area contributed by atoms with Crippen LogP contribution in [0.25, 0.3) is 0 Å². The molecule has 0 aliphatic carbocycles. The van der Waals surface area contributed by atoms with Crippen LogP contribution in [0.5, 0.6) is 0 Å². The van der Waals surface area contributed by atoms with Crippen molar-refractivity contribution in [2.24, 2.45) is 0 Å². The number of rotatable bonds is 3. The lowest BCUT2D eigenvalue weighted by molar-refractivity contribution is -0.146. The molecule has 29 heavy (non-hydrogen) atoms. The van der Waals surface area contributed by atoms with E-state index >= 15 is 0 Å². The predicted molar refractivity (Wildman–Crippen MR) is 114 cm³/mol. The van der Waals surface area contributed by atoms with E-state index < -0.39 is 26.1 Å². The zero-order valence-electron chi connectivity index (χ0n) is 19.5. The number of carbonyl (C=O) groups is 3. The van der Waals surface area contributed by atoms with Crippen molar-refractivity contribution in [1.82, 2.24) is 9.80 Å². The van der Waals surface area contributed by atoms with Crippen LogP contribution in [0.2, 0.25) is 18.1 Å². The van der Waals surface area contributed by atoms with Gasteiger partial charge in [0.1, 0.15) is 11.6 Å². The van der Waals surface area contributed by atoms with Crippen LogP contribution in [-0.2, 0) is 18.8 Å². The molecule has 2 rings (SSSR count). The molecule has 166 valence electrons. The largest absolute Gasteiger partial charge is 0.444 e. The molecule has 2 heterocycles. The topological polar surface area (TPSA) is 76.2 Å². The third-order valence-electron chi connectivity index (χ3n) is 6.17. The predicted octanol–water partition coefficient (Wildman–Crippen LogP) is 3.92. The lowest BCUT2D eigenvalue weighted by Gasteiger charge is -2.38. The van der Waals surface area contributed by atoms with Crippen LogP contribution in [0.1, 0.15) is 67.7 Å². The number of ether oxygens (including phenoxy) is 1. The Labute approximate surface area is 176 Å². The normalized spacial score (nSPS) is 26.2. The summed E-state index contributed by atoms with van der Waals surface area (Å²) < 4.78 is 12.1. The molecule has 8 heteroatoms. The molecule has 0 bridgehead atoms. The summed E-state index contributed by atoms with van der Waals surface area (Å²) in [4.78, 5) is 41.2. The van der Waals surface area contributed by atoms with Crippen LogP contribution in [0, 0.1) is 0 Å². The summed E-state index contributed by atoms with van der Waals surface area (Å²) in [7, 11) is -2.07. The minimum Gasteiger partial charge on any atom is -0.444 e. The Kier molecular flexibility index (Phi) is 6.60. The van der Waals surface area contributed by atoms with Gasteiger partial charge in [0.25, 0.3) is 5.91 Å². The first-order chi connectivity index (χ1) is 13.0. The van der Waals surface area contributed by atoms with Gasteiger partial charge < -0.3 is 9.16 Å². The molecule has 0 spiro atoms. The molecule has 0 saturated carbocycles. The molecule has 2 fully saturated rings. The van der Waals surface area contributed by atoms with E-state index in [-0.39, 0.29) is 29.0 Å². The van der Waals surface area contributed by atoms with Crippen molar-refractivity contribution in [1.29, 1.82) is 0 Å². The molecule has 2 aliphatic rings. The van der Waals surface area contributed by atoms with Gasteiger partial charge in [-0.1, -0.05) is 20.8 Å². The summed E-state index contributed by atoms with van der Waals surface area (Å²) in [5, 5.41) is 0.0191. The van der Waals surface area contributed by atoms with Crippen LogP contribution in [0.4, 0.5) is 4.79 Å². The summed E-state index contributed by atoms with van der Waals surface area (Å²) in [5.74, 6) is -0.479. The van der Waals surface area contributed by atoms with Crippen LogP contribution in [-0.4, -0.2) is 66.4 Å². The van der Waals surface area contributed by atoms with Gasteiger partial charge in [-0.25, -0.2) is 4.79 Å². The Morgan fingerprint density at radius 3 is 2.14 bits per heavy atom. The van der Waals surface area contributed by atoms with Crippen LogP contribution in [0.3, 0.4) is 0 Å². The molecule has 0 radical (unpaired) electrons. The average molecular weight is 427 g/mol. The van der Waals surface area contributed by atoms with Crippen molar-refractivity contribution >= 4 is 26.2 Å². The van der Waals surface area contributed by atoms with Crippen LogP contribution < -0.4 is 0 Å². The summed E-state index contributed by atoms with van der Waals surface area (Å²) in [6.07, 6.45) is 0.645. The number of hydrogen-bond donors (Lipinski definition) is 0. The first kappa shape index (κ1) is 23.9. The molecule has 0 aromatic heterocycles. The van der Waals surface area contributed by atoms with E-state index in [0.717, 1.165) is 0 Å². The van der Waals surface area contributed by atoms with E-state index in [1.54, 1.807) is 20.8 Å². The number of nitrogens with zero attached hydrogens (tertiary/aromatic N) is 2. The second-order valence-corrected chi connectivity index (χ2v) is 15.6. The first-order valence-corrected chi connectivity index (χ1v) is 13.5. The number of likely N-dealkylation sites (tertiary alicyclic amines) is 2. The third-order valence-corrected chi connectivity index (χ3v) is 10.7. The zero-order valence-corrected chi connectivity index (χ0v) is 20.5. The Balaban J connectivity index is 2.26. The van der Waals surface area contributed by atoms with Gasteiger partial charge in [0, 0.05) is 25.4 Å². The van der Waals surface area contributed by atoms with E-state index in [0.29, 0.717) is 25.8 Å². The highest BCUT2D eigenvalue weighted by atomic mass is 28.4. The highest BCUT2D eigenvalue weighted by molar-refractivity contribution is 6.74. The number of imide groups is 1. The minimum absolute atomic E-state index is 0.0191. The monoisotopic (exact) mass is 426 g/mol. The van der Waals surface area contributed by atoms with Gasteiger partial charge in [-0.15, -0.1) is 0 Å². The number of amides is 3. The van der Waals surface area contributed by atoms with E-state index in [1.807, 2.05) is 6.92 Å². The molecule has 0 aromatic rings. The lowest BCUT2D eigenvalue weighted by Crippen LogP contribution is -2.51. The summed E-state index contributed by atoms with van der Waals surface area (Å²) in [6.45, 7) is 18.4. The zero-order chi connectivity index (χ0) is 22.4. The minimum atomic E-state index is -2.07. The van der Waals surface area contributed by atoms with Crippen LogP contribution >= 0.6 is 0 Å². The van der Waals surface area contributed by atoms with Crippen molar-refractivity contribution in [2.45, 2.75) is 110 Å².